The van der Waals surface area contributed by atoms with Gasteiger partial charge in [-0.1, -0.05) is 11.6 Å². The van der Waals surface area contributed by atoms with Gasteiger partial charge >= 0.3 is 0 Å². The first-order valence-corrected chi connectivity index (χ1v) is 10.8. The molecule has 0 amide bonds. The highest BCUT2D eigenvalue weighted by Crippen LogP contribution is 2.33. The van der Waals surface area contributed by atoms with Crippen LogP contribution in [0.4, 0.5) is 5.69 Å². The Labute approximate surface area is 179 Å². The van der Waals surface area contributed by atoms with Crippen LogP contribution in [-0.4, -0.2) is 72.2 Å². The van der Waals surface area contributed by atoms with Crippen molar-refractivity contribution in [2.75, 3.05) is 65.1 Å². The lowest BCUT2D eigenvalue weighted by Crippen LogP contribution is -2.44. The number of methoxy groups -OCH3 is 2. The van der Waals surface area contributed by atoms with Gasteiger partial charge in [0.05, 0.1) is 26.0 Å². The highest BCUT2D eigenvalue weighted by atomic mass is 35.5. The molecule has 1 atom stereocenters. The summed E-state index contributed by atoms with van der Waals surface area (Å²) in [5, 5.41) is 7.63. The van der Waals surface area contributed by atoms with Crippen molar-refractivity contribution in [1.29, 1.82) is 0 Å². The fourth-order valence-electron chi connectivity index (χ4n) is 3.27. The molecule has 0 spiro atoms. The first-order chi connectivity index (χ1) is 14.2. The average molecular weight is 427 g/mol. The van der Waals surface area contributed by atoms with Gasteiger partial charge in [0.2, 0.25) is 0 Å². The van der Waals surface area contributed by atoms with Crippen LogP contribution < -0.4 is 20.3 Å². The molecule has 0 aromatic heterocycles. The molecule has 29 heavy (non-hydrogen) atoms. The first kappa shape index (κ1) is 23.6. The third-order valence-corrected chi connectivity index (χ3v) is 4.99. The standard InChI is InChI=1S/C21H35ClN4O3/c1-4-23-21(24-10-5-6-12-29-14-13-27-2)25-18-9-11-26(16-18)19-15-17(22)7-8-20(19)28-3/h7-8,15,18H,4-6,9-14,16H2,1-3H3,(H2,23,24,25). The van der Waals surface area contributed by atoms with Crippen molar-refractivity contribution in [2.45, 2.75) is 32.2 Å². The quantitative estimate of drug-likeness (QED) is 0.304. The van der Waals surface area contributed by atoms with Crippen LogP contribution >= 0.6 is 11.6 Å². The number of hydrogen-bond acceptors (Lipinski definition) is 5. The molecule has 0 radical (unpaired) electrons. The van der Waals surface area contributed by atoms with Crippen LogP contribution in [0.5, 0.6) is 5.75 Å². The fraction of sp³-hybridized carbons (Fsp3) is 0.667. The van der Waals surface area contributed by atoms with Gasteiger partial charge in [0, 0.05) is 51.0 Å². The van der Waals surface area contributed by atoms with E-state index in [4.69, 9.17) is 30.8 Å². The number of rotatable bonds is 12. The molecule has 1 aliphatic rings. The highest BCUT2D eigenvalue weighted by molar-refractivity contribution is 6.30. The van der Waals surface area contributed by atoms with Crippen molar-refractivity contribution in [1.82, 2.24) is 10.6 Å². The summed E-state index contributed by atoms with van der Waals surface area (Å²) < 4.78 is 16.0. The van der Waals surface area contributed by atoms with Gasteiger partial charge < -0.3 is 29.7 Å². The molecule has 0 aliphatic carbocycles. The Balaban J connectivity index is 1.80. The Morgan fingerprint density at radius 2 is 2.10 bits per heavy atom. The Bertz CT molecular complexity index is 630. The Hall–Kier alpha value is -1.70. The van der Waals surface area contributed by atoms with E-state index in [-0.39, 0.29) is 0 Å². The minimum atomic E-state index is 0.328. The van der Waals surface area contributed by atoms with Crippen LogP contribution in [0.15, 0.2) is 23.2 Å². The first-order valence-electron chi connectivity index (χ1n) is 10.4. The molecule has 164 valence electrons. The molecule has 1 aliphatic heterocycles. The maximum absolute atomic E-state index is 6.19. The number of benzene rings is 1. The van der Waals surface area contributed by atoms with Crippen molar-refractivity contribution >= 4 is 23.2 Å². The van der Waals surface area contributed by atoms with Gasteiger partial charge in [-0.3, -0.25) is 4.99 Å². The lowest BCUT2D eigenvalue weighted by Gasteiger charge is -2.22. The second-order valence-corrected chi connectivity index (χ2v) is 7.40. The van der Waals surface area contributed by atoms with Crippen molar-refractivity contribution in [2.24, 2.45) is 4.99 Å². The van der Waals surface area contributed by atoms with Crippen molar-refractivity contribution in [3.05, 3.63) is 23.2 Å². The number of guanidine groups is 1. The minimum absolute atomic E-state index is 0.328. The highest BCUT2D eigenvalue weighted by Gasteiger charge is 2.25. The fourth-order valence-corrected chi connectivity index (χ4v) is 3.44. The van der Waals surface area contributed by atoms with E-state index >= 15 is 0 Å². The molecule has 0 bridgehead atoms. The third kappa shape index (κ3) is 8.28. The molecule has 0 saturated carbocycles. The molecule has 2 rings (SSSR count). The van der Waals surface area contributed by atoms with Gasteiger partial charge in [-0.25, -0.2) is 0 Å². The number of nitrogens with one attached hydrogen (secondary N) is 2. The molecule has 2 N–H and O–H groups in total. The third-order valence-electron chi connectivity index (χ3n) is 4.75. The number of aliphatic imine (C=N–C) groups is 1. The van der Waals surface area contributed by atoms with Gasteiger partial charge in [0.25, 0.3) is 0 Å². The number of halogens is 1. The molecular formula is C21H35ClN4O3. The van der Waals surface area contributed by atoms with E-state index in [0.717, 1.165) is 74.5 Å². The molecule has 1 saturated heterocycles. The molecule has 1 heterocycles. The monoisotopic (exact) mass is 426 g/mol. The van der Waals surface area contributed by atoms with Crippen molar-refractivity contribution < 1.29 is 14.2 Å². The van der Waals surface area contributed by atoms with Crippen LogP contribution in [0.2, 0.25) is 5.02 Å². The Morgan fingerprint density at radius 1 is 1.24 bits per heavy atom. The molecule has 1 unspecified atom stereocenters. The van der Waals surface area contributed by atoms with Crippen LogP contribution in [0.25, 0.3) is 0 Å². The van der Waals surface area contributed by atoms with E-state index in [1.807, 2.05) is 18.2 Å². The van der Waals surface area contributed by atoms with Crippen LogP contribution in [0.3, 0.4) is 0 Å². The van der Waals surface area contributed by atoms with Gasteiger partial charge in [-0.2, -0.15) is 0 Å². The van der Waals surface area contributed by atoms with E-state index in [9.17, 15) is 0 Å². The number of anilines is 1. The van der Waals surface area contributed by atoms with Crippen molar-refractivity contribution in [3.8, 4) is 5.75 Å². The average Bonchev–Trinajstić information content (AvgIpc) is 3.18. The predicted molar refractivity (Wildman–Crippen MR) is 120 cm³/mol. The molecule has 1 aromatic carbocycles. The predicted octanol–water partition coefficient (Wildman–Crippen LogP) is 2.93. The van der Waals surface area contributed by atoms with Crippen LogP contribution in [0.1, 0.15) is 26.2 Å². The molecule has 7 nitrogen and oxygen atoms in total. The number of unbranched alkanes of at least 4 members (excludes halogenated alkanes) is 1. The second kappa shape index (κ2) is 13.5. The van der Waals surface area contributed by atoms with Gasteiger partial charge in [-0.15, -0.1) is 0 Å². The largest absolute Gasteiger partial charge is 0.495 e. The maximum Gasteiger partial charge on any atom is 0.191 e. The van der Waals surface area contributed by atoms with E-state index in [0.29, 0.717) is 19.3 Å². The van der Waals surface area contributed by atoms with Gasteiger partial charge in [0.1, 0.15) is 5.75 Å². The smallest absolute Gasteiger partial charge is 0.191 e. The normalized spacial score (nSPS) is 16.9. The maximum atomic E-state index is 6.19. The summed E-state index contributed by atoms with van der Waals surface area (Å²) in [6, 6.07) is 6.07. The topological polar surface area (TPSA) is 67.4 Å². The van der Waals surface area contributed by atoms with Crippen LogP contribution in [-0.2, 0) is 9.47 Å². The van der Waals surface area contributed by atoms with E-state index < -0.39 is 0 Å². The zero-order chi connectivity index (χ0) is 20.9. The summed E-state index contributed by atoms with van der Waals surface area (Å²) in [4.78, 5) is 7.02. The zero-order valence-corrected chi connectivity index (χ0v) is 18.6. The second-order valence-electron chi connectivity index (χ2n) is 6.97. The number of ether oxygens (including phenoxy) is 3. The molecule has 8 heteroatoms. The van der Waals surface area contributed by atoms with E-state index in [1.54, 1.807) is 14.2 Å². The van der Waals surface area contributed by atoms with Gasteiger partial charge in [-0.05, 0) is 44.4 Å². The SMILES string of the molecule is CCNC(=NCCCCOCCOC)NC1CCN(c2cc(Cl)ccc2OC)C1. The summed E-state index contributed by atoms with van der Waals surface area (Å²) in [6.45, 7) is 7.58. The summed E-state index contributed by atoms with van der Waals surface area (Å²) in [6.07, 6.45) is 3.03. The minimum Gasteiger partial charge on any atom is -0.495 e. The summed E-state index contributed by atoms with van der Waals surface area (Å²) in [5.74, 6) is 1.72. The lowest BCUT2D eigenvalue weighted by atomic mass is 10.2. The zero-order valence-electron chi connectivity index (χ0n) is 17.9. The number of hydrogen-bond donors (Lipinski definition) is 2. The number of nitrogens with zero attached hydrogens (tertiary/aromatic N) is 2. The van der Waals surface area contributed by atoms with E-state index in [1.165, 1.54) is 0 Å². The lowest BCUT2D eigenvalue weighted by molar-refractivity contribution is 0.0690. The Kier molecular flexibility index (Phi) is 11.0. The Morgan fingerprint density at radius 3 is 2.86 bits per heavy atom. The molecule has 1 aromatic rings. The molecule has 1 fully saturated rings. The summed E-state index contributed by atoms with van der Waals surface area (Å²) in [5.41, 5.74) is 1.04. The summed E-state index contributed by atoms with van der Waals surface area (Å²) >= 11 is 6.19. The summed E-state index contributed by atoms with van der Waals surface area (Å²) in [7, 11) is 3.37. The van der Waals surface area contributed by atoms with Crippen LogP contribution in [0, 0.1) is 0 Å². The van der Waals surface area contributed by atoms with Gasteiger partial charge in [0.15, 0.2) is 5.96 Å². The van der Waals surface area contributed by atoms with E-state index in [2.05, 4.69) is 22.5 Å². The van der Waals surface area contributed by atoms with Crippen molar-refractivity contribution in [3.63, 3.8) is 0 Å². The molecular weight excluding hydrogens is 392 g/mol.